The first-order valence-electron chi connectivity index (χ1n) is 7.31. The molecule has 0 spiro atoms. The fourth-order valence-corrected chi connectivity index (χ4v) is 2.46. The number of anilines is 1. The van der Waals surface area contributed by atoms with Gasteiger partial charge in [-0.15, -0.1) is 0 Å². The molecule has 0 bridgehead atoms. The fraction of sp³-hybridized carbons (Fsp3) is 0.533. The number of para-hydroxylation sites is 1. The zero-order valence-corrected chi connectivity index (χ0v) is 12.1. The Morgan fingerprint density at radius 2 is 2.30 bits per heavy atom. The number of rotatable bonds is 5. The van der Waals surface area contributed by atoms with Crippen LogP contribution < -0.4 is 16.2 Å². The molecule has 0 atom stereocenters. The highest BCUT2D eigenvalue weighted by atomic mass is 16.5. The molecule has 1 aromatic carbocycles. The summed E-state index contributed by atoms with van der Waals surface area (Å²) in [6, 6.07) is 8.43. The monoisotopic (exact) mass is 276 g/mol. The lowest BCUT2D eigenvalue weighted by atomic mass is 10.0. The molecule has 0 unspecified atom stereocenters. The van der Waals surface area contributed by atoms with Crippen molar-refractivity contribution >= 4 is 11.6 Å². The number of nitrogens with zero attached hydrogens (tertiary/aromatic N) is 2. The standard InChI is InChI=1S/C15H24N4O/c1-2-20-12-6-10-17-15(18-16)19-11-5-8-13-7-3-4-9-14(13)19/h3-4,7,9H,2,5-6,8,10-12,16H2,1H3,(H,17,18). The number of hydrazine groups is 1. The van der Waals surface area contributed by atoms with Crippen molar-refractivity contribution in [2.24, 2.45) is 10.8 Å². The van der Waals surface area contributed by atoms with Crippen LogP contribution in [-0.4, -0.2) is 32.3 Å². The SMILES string of the molecule is CCOCCCN=C(NN)N1CCCc2ccccc21. The third-order valence-electron chi connectivity index (χ3n) is 3.41. The minimum atomic E-state index is 0.720. The van der Waals surface area contributed by atoms with Crippen LogP contribution in [0.5, 0.6) is 0 Å². The summed E-state index contributed by atoms with van der Waals surface area (Å²) in [6.45, 7) is 5.17. The molecule has 3 N–H and O–H groups in total. The van der Waals surface area contributed by atoms with E-state index < -0.39 is 0 Å². The van der Waals surface area contributed by atoms with Crippen molar-refractivity contribution in [2.75, 3.05) is 31.2 Å². The van der Waals surface area contributed by atoms with Crippen molar-refractivity contribution in [1.29, 1.82) is 0 Å². The second-order valence-electron chi connectivity index (χ2n) is 4.78. The van der Waals surface area contributed by atoms with Gasteiger partial charge in [0.2, 0.25) is 5.96 Å². The molecule has 0 saturated heterocycles. The van der Waals surface area contributed by atoms with Gasteiger partial charge in [-0.05, 0) is 37.8 Å². The maximum Gasteiger partial charge on any atom is 0.212 e. The van der Waals surface area contributed by atoms with Crippen LogP contribution in [0.1, 0.15) is 25.3 Å². The van der Waals surface area contributed by atoms with Gasteiger partial charge in [-0.1, -0.05) is 18.2 Å². The molecule has 0 radical (unpaired) electrons. The Morgan fingerprint density at radius 1 is 1.45 bits per heavy atom. The lowest BCUT2D eigenvalue weighted by Gasteiger charge is -2.31. The van der Waals surface area contributed by atoms with E-state index in [1.807, 2.05) is 6.92 Å². The highest BCUT2D eigenvalue weighted by Gasteiger charge is 2.19. The maximum atomic E-state index is 5.65. The summed E-state index contributed by atoms with van der Waals surface area (Å²) in [4.78, 5) is 6.73. The zero-order chi connectivity index (χ0) is 14.2. The van der Waals surface area contributed by atoms with E-state index in [2.05, 4.69) is 39.6 Å². The number of nitrogens with two attached hydrogens (primary N) is 1. The average molecular weight is 276 g/mol. The van der Waals surface area contributed by atoms with Crippen LogP contribution in [0.3, 0.4) is 0 Å². The van der Waals surface area contributed by atoms with Crippen LogP contribution in [0, 0.1) is 0 Å². The summed E-state index contributed by atoms with van der Waals surface area (Å²) in [5.74, 6) is 6.39. The second kappa shape index (κ2) is 7.87. The van der Waals surface area contributed by atoms with E-state index in [0.29, 0.717) is 0 Å². The van der Waals surface area contributed by atoms with Gasteiger partial charge in [0.15, 0.2) is 0 Å². The average Bonchev–Trinajstić information content (AvgIpc) is 2.51. The fourth-order valence-electron chi connectivity index (χ4n) is 2.46. The first-order valence-corrected chi connectivity index (χ1v) is 7.31. The van der Waals surface area contributed by atoms with Gasteiger partial charge in [0.05, 0.1) is 0 Å². The number of guanidine groups is 1. The molecule has 20 heavy (non-hydrogen) atoms. The van der Waals surface area contributed by atoms with E-state index in [0.717, 1.165) is 51.5 Å². The summed E-state index contributed by atoms with van der Waals surface area (Å²) in [5, 5.41) is 0. The number of aliphatic imine (C=N–C) groups is 1. The van der Waals surface area contributed by atoms with Gasteiger partial charge in [0.1, 0.15) is 0 Å². The highest BCUT2D eigenvalue weighted by Crippen LogP contribution is 2.26. The maximum absolute atomic E-state index is 5.65. The number of fused-ring (bicyclic) bond motifs is 1. The molecule has 0 saturated carbocycles. The number of hydrogen-bond acceptors (Lipinski definition) is 3. The van der Waals surface area contributed by atoms with Crippen LogP contribution in [0.25, 0.3) is 0 Å². The molecule has 0 fully saturated rings. The lowest BCUT2D eigenvalue weighted by Crippen LogP contribution is -2.47. The van der Waals surface area contributed by atoms with Crippen LogP contribution in [-0.2, 0) is 11.2 Å². The summed E-state index contributed by atoms with van der Waals surface area (Å²) in [5.41, 5.74) is 5.30. The van der Waals surface area contributed by atoms with E-state index >= 15 is 0 Å². The van der Waals surface area contributed by atoms with Gasteiger partial charge in [-0.2, -0.15) is 0 Å². The van der Waals surface area contributed by atoms with Crippen LogP contribution in [0.4, 0.5) is 5.69 Å². The molecule has 2 rings (SSSR count). The lowest BCUT2D eigenvalue weighted by molar-refractivity contribution is 0.146. The smallest absolute Gasteiger partial charge is 0.212 e. The van der Waals surface area contributed by atoms with E-state index in [9.17, 15) is 0 Å². The molecule has 1 heterocycles. The molecule has 0 aliphatic carbocycles. The van der Waals surface area contributed by atoms with Gasteiger partial charge >= 0.3 is 0 Å². The van der Waals surface area contributed by atoms with E-state index in [1.165, 1.54) is 11.3 Å². The predicted octanol–water partition coefficient (Wildman–Crippen LogP) is 1.69. The Hall–Kier alpha value is -1.59. The Kier molecular flexibility index (Phi) is 5.83. The van der Waals surface area contributed by atoms with E-state index in [-0.39, 0.29) is 0 Å². The van der Waals surface area contributed by atoms with Gasteiger partial charge in [-0.25, -0.2) is 5.84 Å². The molecular formula is C15H24N4O. The quantitative estimate of drug-likeness (QED) is 0.282. The van der Waals surface area contributed by atoms with Crippen molar-refractivity contribution in [1.82, 2.24) is 5.43 Å². The number of aryl methyl sites for hydroxylation is 1. The van der Waals surface area contributed by atoms with Crippen LogP contribution in [0.15, 0.2) is 29.3 Å². The predicted molar refractivity (Wildman–Crippen MR) is 82.8 cm³/mol. The number of hydrogen-bond donors (Lipinski definition) is 2. The molecule has 1 aromatic rings. The topological polar surface area (TPSA) is 62.9 Å². The first kappa shape index (κ1) is 14.8. The van der Waals surface area contributed by atoms with Crippen molar-refractivity contribution in [2.45, 2.75) is 26.2 Å². The third kappa shape index (κ3) is 3.71. The number of nitrogens with one attached hydrogen (secondary N) is 1. The number of ether oxygens (including phenoxy) is 1. The molecule has 5 nitrogen and oxygen atoms in total. The Labute approximate surface area is 120 Å². The molecule has 1 aliphatic rings. The molecule has 110 valence electrons. The van der Waals surface area contributed by atoms with Gasteiger partial charge in [-0.3, -0.25) is 10.4 Å². The van der Waals surface area contributed by atoms with Gasteiger partial charge in [0, 0.05) is 32.0 Å². The van der Waals surface area contributed by atoms with Crippen LogP contribution in [0.2, 0.25) is 0 Å². The molecule has 0 aromatic heterocycles. The van der Waals surface area contributed by atoms with Crippen molar-refractivity contribution in [3.05, 3.63) is 29.8 Å². The van der Waals surface area contributed by atoms with E-state index in [4.69, 9.17) is 10.6 Å². The minimum absolute atomic E-state index is 0.720. The first-order chi connectivity index (χ1) is 9.86. The Morgan fingerprint density at radius 3 is 3.10 bits per heavy atom. The van der Waals surface area contributed by atoms with Crippen molar-refractivity contribution in [3.8, 4) is 0 Å². The summed E-state index contributed by atoms with van der Waals surface area (Å²) >= 11 is 0. The largest absolute Gasteiger partial charge is 0.382 e. The van der Waals surface area contributed by atoms with Gasteiger partial charge < -0.3 is 9.64 Å². The second-order valence-corrected chi connectivity index (χ2v) is 4.78. The van der Waals surface area contributed by atoms with Crippen LogP contribution >= 0.6 is 0 Å². The molecule has 0 amide bonds. The summed E-state index contributed by atoms with van der Waals surface area (Å²) < 4.78 is 5.32. The normalized spacial score (nSPS) is 15.1. The highest BCUT2D eigenvalue weighted by molar-refractivity contribution is 5.96. The third-order valence-corrected chi connectivity index (χ3v) is 3.41. The van der Waals surface area contributed by atoms with Crippen molar-refractivity contribution in [3.63, 3.8) is 0 Å². The van der Waals surface area contributed by atoms with Gasteiger partial charge in [0.25, 0.3) is 0 Å². The molecule has 1 aliphatic heterocycles. The van der Waals surface area contributed by atoms with E-state index in [1.54, 1.807) is 0 Å². The number of benzene rings is 1. The van der Waals surface area contributed by atoms with Crippen molar-refractivity contribution < 1.29 is 4.74 Å². The summed E-state index contributed by atoms with van der Waals surface area (Å²) in [6.07, 6.45) is 3.15. The molecule has 5 heteroatoms. The Bertz CT molecular complexity index is 447. The Balaban J connectivity index is 2.03. The minimum Gasteiger partial charge on any atom is -0.382 e. The zero-order valence-electron chi connectivity index (χ0n) is 12.1. The molecular weight excluding hydrogens is 252 g/mol. The summed E-state index contributed by atoms with van der Waals surface area (Å²) in [7, 11) is 0.